The molecule has 0 bridgehead atoms. The zero-order chi connectivity index (χ0) is 8.53. The van der Waals surface area contributed by atoms with Crippen molar-refractivity contribution in [1.82, 2.24) is 5.43 Å². The highest BCUT2D eigenvalue weighted by Gasteiger charge is 1.75. The topological polar surface area (TPSA) is 50.4 Å². The molecule has 0 saturated heterocycles. The molecule has 11 heavy (non-hydrogen) atoms. The number of thiocarbonyl (C=S) groups is 1. The molecule has 0 unspecified atom stereocenters. The molecule has 0 aromatic heterocycles. The monoisotopic (exact) mass is 171 g/mol. The predicted octanol–water partition coefficient (Wildman–Crippen LogP) is 1.16. The molecule has 0 atom stereocenters. The molecule has 0 aliphatic carbocycles. The van der Waals surface area contributed by atoms with Crippen LogP contribution >= 0.6 is 12.2 Å². The van der Waals surface area contributed by atoms with Crippen molar-refractivity contribution in [3.05, 3.63) is 12.2 Å². The molecule has 0 aromatic rings. The van der Waals surface area contributed by atoms with Crippen molar-refractivity contribution in [2.75, 3.05) is 0 Å². The third kappa shape index (κ3) is 9.10. The molecule has 4 heteroatoms. The maximum atomic E-state index is 5.12. The van der Waals surface area contributed by atoms with Crippen molar-refractivity contribution in [3.8, 4) is 0 Å². The molecular formula is C7H13N3S. The largest absolute Gasteiger partial charge is 0.375 e. The quantitative estimate of drug-likeness (QED) is 0.379. The molecule has 3 nitrogen and oxygen atoms in total. The number of rotatable bonds is 4. The Hall–Kier alpha value is -0.900. The van der Waals surface area contributed by atoms with E-state index >= 15 is 0 Å². The van der Waals surface area contributed by atoms with E-state index in [1.165, 1.54) is 0 Å². The van der Waals surface area contributed by atoms with Gasteiger partial charge in [0.2, 0.25) is 0 Å². The lowest BCUT2D eigenvalue weighted by atomic mass is 10.3. The molecule has 0 fully saturated rings. The average Bonchev–Trinajstić information content (AvgIpc) is 1.96. The van der Waals surface area contributed by atoms with Gasteiger partial charge in [-0.2, -0.15) is 5.10 Å². The lowest BCUT2D eigenvalue weighted by molar-refractivity contribution is 0.959. The molecule has 0 spiro atoms. The number of nitrogens with two attached hydrogens (primary N) is 1. The fraction of sp³-hybridized carbons (Fsp3) is 0.429. The van der Waals surface area contributed by atoms with E-state index in [1.807, 2.05) is 12.2 Å². The minimum atomic E-state index is 0.185. The van der Waals surface area contributed by atoms with Crippen molar-refractivity contribution in [2.24, 2.45) is 10.8 Å². The second-order valence-corrected chi connectivity index (χ2v) is 2.41. The van der Waals surface area contributed by atoms with Crippen LogP contribution in [-0.4, -0.2) is 11.3 Å². The summed E-state index contributed by atoms with van der Waals surface area (Å²) in [5.41, 5.74) is 7.57. The Morgan fingerprint density at radius 1 is 1.73 bits per heavy atom. The molecular weight excluding hydrogens is 158 g/mol. The minimum Gasteiger partial charge on any atom is -0.375 e. The molecule has 0 amide bonds. The Morgan fingerprint density at radius 2 is 2.45 bits per heavy atom. The van der Waals surface area contributed by atoms with Crippen LogP contribution in [0.2, 0.25) is 0 Å². The Morgan fingerprint density at radius 3 is 3.00 bits per heavy atom. The summed E-state index contributed by atoms with van der Waals surface area (Å²) in [5.74, 6) is 0. The Kier molecular flexibility index (Phi) is 6.62. The van der Waals surface area contributed by atoms with Crippen LogP contribution in [0.15, 0.2) is 17.3 Å². The Bertz CT molecular complexity index is 163. The number of hydrazone groups is 1. The third-order valence-corrected chi connectivity index (χ3v) is 1.02. The molecule has 0 saturated carbocycles. The summed E-state index contributed by atoms with van der Waals surface area (Å²) in [7, 11) is 0. The van der Waals surface area contributed by atoms with Gasteiger partial charge in [-0.1, -0.05) is 19.4 Å². The van der Waals surface area contributed by atoms with Gasteiger partial charge in [0, 0.05) is 6.21 Å². The lowest BCUT2D eigenvalue weighted by Crippen LogP contribution is -2.23. The van der Waals surface area contributed by atoms with E-state index in [4.69, 9.17) is 5.73 Å². The molecule has 62 valence electrons. The van der Waals surface area contributed by atoms with Gasteiger partial charge in [0.15, 0.2) is 5.11 Å². The first-order chi connectivity index (χ1) is 5.27. The fourth-order valence-corrected chi connectivity index (χ4v) is 0.520. The van der Waals surface area contributed by atoms with Gasteiger partial charge in [-0.15, -0.1) is 0 Å². The van der Waals surface area contributed by atoms with Gasteiger partial charge in [0.25, 0.3) is 0 Å². The smallest absolute Gasteiger partial charge is 0.184 e. The zero-order valence-electron chi connectivity index (χ0n) is 6.58. The van der Waals surface area contributed by atoms with Crippen LogP contribution in [0.25, 0.3) is 0 Å². The Balaban J connectivity index is 3.36. The Labute approximate surface area is 72.4 Å². The van der Waals surface area contributed by atoms with Gasteiger partial charge >= 0.3 is 0 Å². The standard InChI is InChI=1S/C7H13N3S/c1-2-3-4-5-6-9-10-7(8)11/h4-6H,2-3H2,1H3,(H3,8,10,11). The molecule has 0 rings (SSSR count). The predicted molar refractivity (Wildman–Crippen MR) is 52.5 cm³/mol. The van der Waals surface area contributed by atoms with Gasteiger partial charge in [-0.05, 0) is 24.7 Å². The lowest BCUT2D eigenvalue weighted by Gasteiger charge is -1.90. The number of nitrogens with one attached hydrogen (secondary N) is 1. The summed E-state index contributed by atoms with van der Waals surface area (Å²) in [6.07, 6.45) is 7.72. The number of unbranched alkanes of at least 4 members (excludes halogenated alkanes) is 1. The van der Waals surface area contributed by atoms with E-state index in [0.29, 0.717) is 0 Å². The van der Waals surface area contributed by atoms with Crippen LogP contribution in [0.1, 0.15) is 19.8 Å². The van der Waals surface area contributed by atoms with Crippen LogP contribution in [0.3, 0.4) is 0 Å². The van der Waals surface area contributed by atoms with E-state index in [-0.39, 0.29) is 5.11 Å². The highest BCUT2D eigenvalue weighted by atomic mass is 32.1. The van der Waals surface area contributed by atoms with Crippen LogP contribution in [0.4, 0.5) is 0 Å². The van der Waals surface area contributed by atoms with E-state index in [9.17, 15) is 0 Å². The number of allylic oxidation sites excluding steroid dienone is 2. The number of nitrogens with zero attached hydrogens (tertiary/aromatic N) is 1. The number of hydrogen-bond donors (Lipinski definition) is 2. The molecule has 0 aromatic carbocycles. The van der Waals surface area contributed by atoms with Gasteiger partial charge in [-0.25, -0.2) is 0 Å². The zero-order valence-corrected chi connectivity index (χ0v) is 7.40. The van der Waals surface area contributed by atoms with Gasteiger partial charge in [0.1, 0.15) is 0 Å². The SMILES string of the molecule is CCCC=CC=NNC(N)=S. The van der Waals surface area contributed by atoms with Crippen LogP contribution in [-0.2, 0) is 0 Å². The van der Waals surface area contributed by atoms with Crippen molar-refractivity contribution in [3.63, 3.8) is 0 Å². The molecule has 0 aliphatic heterocycles. The second-order valence-electron chi connectivity index (χ2n) is 1.97. The molecule has 0 aliphatic rings. The van der Waals surface area contributed by atoms with Gasteiger partial charge in [0.05, 0.1) is 0 Å². The van der Waals surface area contributed by atoms with Crippen LogP contribution in [0, 0.1) is 0 Å². The highest BCUT2D eigenvalue weighted by molar-refractivity contribution is 7.80. The van der Waals surface area contributed by atoms with Crippen molar-refractivity contribution in [2.45, 2.75) is 19.8 Å². The first-order valence-electron chi connectivity index (χ1n) is 3.51. The van der Waals surface area contributed by atoms with Crippen LogP contribution < -0.4 is 11.2 Å². The van der Waals surface area contributed by atoms with E-state index in [0.717, 1.165) is 12.8 Å². The normalized spacial score (nSPS) is 11.0. The summed E-state index contributed by atoms with van der Waals surface area (Å²) in [6.45, 7) is 2.12. The van der Waals surface area contributed by atoms with Crippen molar-refractivity contribution in [1.29, 1.82) is 0 Å². The maximum absolute atomic E-state index is 5.12. The van der Waals surface area contributed by atoms with E-state index in [2.05, 4.69) is 29.7 Å². The van der Waals surface area contributed by atoms with Crippen molar-refractivity contribution < 1.29 is 0 Å². The van der Waals surface area contributed by atoms with Crippen LogP contribution in [0.5, 0.6) is 0 Å². The summed E-state index contributed by atoms with van der Waals surface area (Å²) in [4.78, 5) is 0. The summed E-state index contributed by atoms with van der Waals surface area (Å²) < 4.78 is 0. The summed E-state index contributed by atoms with van der Waals surface area (Å²) >= 11 is 4.53. The van der Waals surface area contributed by atoms with Crippen molar-refractivity contribution >= 4 is 23.5 Å². The summed E-state index contributed by atoms with van der Waals surface area (Å²) in [6, 6.07) is 0. The highest BCUT2D eigenvalue weighted by Crippen LogP contribution is 1.85. The van der Waals surface area contributed by atoms with E-state index < -0.39 is 0 Å². The average molecular weight is 171 g/mol. The first-order valence-corrected chi connectivity index (χ1v) is 3.91. The first kappa shape index (κ1) is 10.1. The molecule has 3 N–H and O–H groups in total. The number of hydrogen-bond acceptors (Lipinski definition) is 2. The third-order valence-electron chi connectivity index (χ3n) is 0.927. The maximum Gasteiger partial charge on any atom is 0.184 e. The molecule has 0 heterocycles. The fourth-order valence-electron chi connectivity index (χ4n) is 0.468. The minimum absolute atomic E-state index is 0.185. The van der Waals surface area contributed by atoms with E-state index in [1.54, 1.807) is 6.21 Å². The second kappa shape index (κ2) is 7.21. The molecule has 0 radical (unpaired) electrons. The summed E-state index contributed by atoms with van der Waals surface area (Å²) in [5, 5.41) is 3.90. The van der Waals surface area contributed by atoms with Gasteiger partial charge < -0.3 is 5.73 Å². The van der Waals surface area contributed by atoms with Gasteiger partial charge in [-0.3, -0.25) is 5.43 Å².